The average molecular weight is 222 g/mol. The van der Waals surface area contributed by atoms with Crippen LogP contribution in [0.3, 0.4) is 0 Å². The van der Waals surface area contributed by atoms with Crippen LogP contribution in [0.5, 0.6) is 0 Å². The summed E-state index contributed by atoms with van der Waals surface area (Å²) < 4.78 is 0. The van der Waals surface area contributed by atoms with Crippen LogP contribution in [-0.4, -0.2) is 22.7 Å². The molecule has 0 aliphatic carbocycles. The summed E-state index contributed by atoms with van der Waals surface area (Å²) in [7, 11) is 0. The normalized spacial score (nSPS) is 14.6. The van der Waals surface area contributed by atoms with Crippen LogP contribution in [0.15, 0.2) is 18.3 Å². The van der Waals surface area contributed by atoms with Crippen molar-refractivity contribution in [1.82, 2.24) is 4.98 Å². The van der Waals surface area contributed by atoms with Crippen LogP contribution in [0.4, 0.5) is 5.82 Å². The second-order valence-electron chi connectivity index (χ2n) is 4.17. The summed E-state index contributed by atoms with van der Waals surface area (Å²) >= 11 is 0. The van der Waals surface area contributed by atoms with E-state index in [1.165, 1.54) is 0 Å². The minimum atomic E-state index is -0.444. The molecule has 16 heavy (non-hydrogen) atoms. The van der Waals surface area contributed by atoms with E-state index in [0.717, 1.165) is 24.3 Å². The fraction of sp³-hybridized carbons (Fsp3) is 0.615. The van der Waals surface area contributed by atoms with E-state index >= 15 is 0 Å². The fourth-order valence-corrected chi connectivity index (χ4v) is 1.73. The fourth-order valence-electron chi connectivity index (χ4n) is 1.73. The maximum absolute atomic E-state index is 9.41. The number of aliphatic hydroxyl groups excluding tert-OH is 1. The van der Waals surface area contributed by atoms with E-state index in [1.807, 2.05) is 12.1 Å². The zero-order valence-electron chi connectivity index (χ0n) is 10.6. The molecule has 1 aromatic rings. The molecule has 90 valence electrons. The van der Waals surface area contributed by atoms with Crippen molar-refractivity contribution in [3.63, 3.8) is 0 Å². The van der Waals surface area contributed by atoms with E-state index in [0.29, 0.717) is 6.04 Å². The van der Waals surface area contributed by atoms with Gasteiger partial charge in [0.05, 0.1) is 6.10 Å². The number of aromatic nitrogens is 1. The van der Waals surface area contributed by atoms with E-state index in [-0.39, 0.29) is 0 Å². The Balaban J connectivity index is 2.86. The number of hydrogen-bond acceptors (Lipinski definition) is 3. The third-order valence-electron chi connectivity index (χ3n) is 3.01. The monoisotopic (exact) mass is 222 g/mol. The molecule has 0 saturated carbocycles. The van der Waals surface area contributed by atoms with Gasteiger partial charge in [0, 0.05) is 18.8 Å². The van der Waals surface area contributed by atoms with Crippen LogP contribution < -0.4 is 4.90 Å². The standard InChI is InChI=1S/C13H22N2O/c1-5-10(3)15(6-2)13-8-7-12(9-14-13)11(4)16/h7-11,16H,5-6H2,1-4H3/t10?,11-/m0/s1. The molecule has 1 heterocycles. The molecule has 0 aromatic carbocycles. The summed E-state index contributed by atoms with van der Waals surface area (Å²) in [5.74, 6) is 0.987. The number of hydrogen-bond donors (Lipinski definition) is 1. The third kappa shape index (κ3) is 2.95. The van der Waals surface area contributed by atoms with Crippen molar-refractivity contribution in [3.8, 4) is 0 Å². The Kier molecular flexibility index (Phi) is 4.74. The molecule has 1 N–H and O–H groups in total. The second-order valence-corrected chi connectivity index (χ2v) is 4.17. The number of pyridine rings is 1. The van der Waals surface area contributed by atoms with Gasteiger partial charge in [-0.15, -0.1) is 0 Å². The molecule has 0 spiro atoms. The Hall–Kier alpha value is -1.09. The maximum Gasteiger partial charge on any atom is 0.128 e. The zero-order chi connectivity index (χ0) is 12.1. The summed E-state index contributed by atoms with van der Waals surface area (Å²) in [6.07, 6.45) is 2.42. The Labute approximate surface area is 98.1 Å². The molecule has 0 fully saturated rings. The third-order valence-corrected chi connectivity index (χ3v) is 3.01. The molecule has 1 aromatic heterocycles. The molecule has 3 heteroatoms. The predicted molar refractivity (Wildman–Crippen MR) is 67.6 cm³/mol. The number of anilines is 1. The molecule has 0 radical (unpaired) electrons. The molecule has 0 saturated heterocycles. The number of aliphatic hydroxyl groups is 1. The Morgan fingerprint density at radius 2 is 2.00 bits per heavy atom. The zero-order valence-corrected chi connectivity index (χ0v) is 10.6. The van der Waals surface area contributed by atoms with Gasteiger partial charge in [-0.3, -0.25) is 0 Å². The lowest BCUT2D eigenvalue weighted by molar-refractivity contribution is 0.199. The first-order chi connectivity index (χ1) is 7.60. The van der Waals surface area contributed by atoms with Gasteiger partial charge in [0.2, 0.25) is 0 Å². The lowest BCUT2D eigenvalue weighted by Gasteiger charge is -2.28. The largest absolute Gasteiger partial charge is 0.389 e. The van der Waals surface area contributed by atoms with E-state index in [2.05, 4.69) is 30.7 Å². The molecule has 0 amide bonds. The SMILES string of the molecule is CCC(C)N(CC)c1ccc([C@H](C)O)cn1. The first kappa shape index (κ1) is 13.0. The first-order valence-electron chi connectivity index (χ1n) is 6.00. The Morgan fingerprint density at radius 3 is 2.38 bits per heavy atom. The minimum Gasteiger partial charge on any atom is -0.389 e. The Morgan fingerprint density at radius 1 is 1.31 bits per heavy atom. The molecule has 1 rings (SSSR count). The highest BCUT2D eigenvalue weighted by Crippen LogP contribution is 2.18. The van der Waals surface area contributed by atoms with Gasteiger partial charge in [-0.05, 0) is 38.8 Å². The van der Waals surface area contributed by atoms with Crippen molar-refractivity contribution < 1.29 is 5.11 Å². The van der Waals surface area contributed by atoms with E-state index in [4.69, 9.17) is 0 Å². The van der Waals surface area contributed by atoms with Crippen LogP contribution in [0.25, 0.3) is 0 Å². The van der Waals surface area contributed by atoms with Gasteiger partial charge in [-0.1, -0.05) is 13.0 Å². The number of rotatable bonds is 5. The van der Waals surface area contributed by atoms with E-state index in [1.54, 1.807) is 13.1 Å². The molecular formula is C13H22N2O. The molecular weight excluding hydrogens is 200 g/mol. The van der Waals surface area contributed by atoms with Gasteiger partial charge in [0.25, 0.3) is 0 Å². The van der Waals surface area contributed by atoms with E-state index in [9.17, 15) is 5.11 Å². The molecule has 0 aliphatic heterocycles. The van der Waals surface area contributed by atoms with Gasteiger partial charge in [0.1, 0.15) is 5.82 Å². The minimum absolute atomic E-state index is 0.444. The van der Waals surface area contributed by atoms with Crippen molar-refractivity contribution in [3.05, 3.63) is 23.9 Å². The molecule has 0 aliphatic rings. The highest BCUT2D eigenvalue weighted by Gasteiger charge is 2.12. The number of nitrogens with zero attached hydrogens (tertiary/aromatic N) is 2. The van der Waals surface area contributed by atoms with Crippen molar-refractivity contribution in [2.45, 2.75) is 46.3 Å². The summed E-state index contributed by atoms with van der Waals surface area (Å²) in [6, 6.07) is 4.42. The first-order valence-corrected chi connectivity index (χ1v) is 6.00. The highest BCUT2D eigenvalue weighted by molar-refractivity contribution is 5.40. The van der Waals surface area contributed by atoms with Crippen molar-refractivity contribution >= 4 is 5.82 Å². The van der Waals surface area contributed by atoms with Crippen molar-refractivity contribution in [1.29, 1.82) is 0 Å². The van der Waals surface area contributed by atoms with Crippen molar-refractivity contribution in [2.24, 2.45) is 0 Å². The quantitative estimate of drug-likeness (QED) is 0.832. The van der Waals surface area contributed by atoms with Crippen LogP contribution >= 0.6 is 0 Å². The average Bonchev–Trinajstić information content (AvgIpc) is 2.30. The van der Waals surface area contributed by atoms with E-state index < -0.39 is 6.10 Å². The smallest absolute Gasteiger partial charge is 0.128 e. The summed E-state index contributed by atoms with van der Waals surface area (Å²) in [5.41, 5.74) is 0.865. The van der Waals surface area contributed by atoms with Crippen molar-refractivity contribution in [2.75, 3.05) is 11.4 Å². The summed E-state index contributed by atoms with van der Waals surface area (Å²) in [6.45, 7) is 9.22. The van der Waals surface area contributed by atoms with Gasteiger partial charge >= 0.3 is 0 Å². The lowest BCUT2D eigenvalue weighted by atomic mass is 10.1. The maximum atomic E-state index is 9.41. The molecule has 2 atom stereocenters. The lowest BCUT2D eigenvalue weighted by Crippen LogP contribution is -2.32. The molecule has 3 nitrogen and oxygen atoms in total. The molecule has 1 unspecified atom stereocenters. The van der Waals surface area contributed by atoms with Crippen LogP contribution in [0, 0.1) is 0 Å². The van der Waals surface area contributed by atoms with Gasteiger partial charge in [-0.25, -0.2) is 4.98 Å². The Bertz CT molecular complexity index is 308. The van der Waals surface area contributed by atoms with Gasteiger partial charge in [0.15, 0.2) is 0 Å². The van der Waals surface area contributed by atoms with Gasteiger partial charge < -0.3 is 10.0 Å². The topological polar surface area (TPSA) is 36.4 Å². The molecule has 0 bridgehead atoms. The van der Waals surface area contributed by atoms with Crippen LogP contribution in [0.2, 0.25) is 0 Å². The predicted octanol–water partition coefficient (Wildman–Crippen LogP) is 2.76. The van der Waals surface area contributed by atoms with Crippen LogP contribution in [-0.2, 0) is 0 Å². The van der Waals surface area contributed by atoms with Crippen LogP contribution in [0.1, 0.15) is 45.8 Å². The highest BCUT2D eigenvalue weighted by atomic mass is 16.3. The van der Waals surface area contributed by atoms with Gasteiger partial charge in [-0.2, -0.15) is 0 Å². The summed E-state index contributed by atoms with van der Waals surface area (Å²) in [5, 5.41) is 9.41. The second kappa shape index (κ2) is 5.85. The summed E-state index contributed by atoms with van der Waals surface area (Å²) in [4.78, 5) is 6.68.